The van der Waals surface area contributed by atoms with E-state index in [1.165, 1.54) is 11.3 Å². The molecule has 2 aromatic rings. The molecule has 0 radical (unpaired) electrons. The number of Topliss-reactive ketones (excluding diaryl/α,β-unsaturated/α-hetero) is 1. The summed E-state index contributed by atoms with van der Waals surface area (Å²) in [6.07, 6.45) is 0.375. The maximum absolute atomic E-state index is 11.8. The van der Waals surface area contributed by atoms with Crippen molar-refractivity contribution >= 4 is 28.7 Å². The summed E-state index contributed by atoms with van der Waals surface area (Å²) in [4.78, 5) is 12.6. The predicted molar refractivity (Wildman–Crippen MR) is 63.8 cm³/mol. The molecule has 1 nitrogen and oxygen atoms in total. The van der Waals surface area contributed by atoms with E-state index in [-0.39, 0.29) is 5.78 Å². The van der Waals surface area contributed by atoms with Crippen LogP contribution in [-0.2, 0) is 6.42 Å². The van der Waals surface area contributed by atoms with Crippen molar-refractivity contribution < 1.29 is 4.79 Å². The Labute approximate surface area is 97.3 Å². The highest BCUT2D eigenvalue weighted by Crippen LogP contribution is 2.18. The van der Waals surface area contributed by atoms with E-state index in [4.69, 9.17) is 11.6 Å². The second kappa shape index (κ2) is 4.60. The van der Waals surface area contributed by atoms with Gasteiger partial charge >= 0.3 is 0 Å². The minimum atomic E-state index is 0.123. The molecule has 1 aromatic heterocycles. The summed E-state index contributed by atoms with van der Waals surface area (Å²) >= 11 is 7.44. The summed E-state index contributed by atoms with van der Waals surface area (Å²) in [5, 5.41) is 2.56. The van der Waals surface area contributed by atoms with E-state index < -0.39 is 0 Å². The normalized spacial score (nSPS) is 10.2. The Morgan fingerprint density at radius 2 is 2.00 bits per heavy atom. The van der Waals surface area contributed by atoms with E-state index >= 15 is 0 Å². The third-order valence-electron chi connectivity index (χ3n) is 2.10. The molecule has 0 fully saturated rings. The van der Waals surface area contributed by atoms with Crippen LogP contribution >= 0.6 is 22.9 Å². The number of ketones is 1. The molecule has 0 spiro atoms. The Hall–Kier alpha value is -1.12. The summed E-state index contributed by atoms with van der Waals surface area (Å²) < 4.78 is 0. The first-order chi connectivity index (χ1) is 7.27. The summed E-state index contributed by atoms with van der Waals surface area (Å²) in [5.74, 6) is 0.123. The van der Waals surface area contributed by atoms with Crippen molar-refractivity contribution in [2.75, 3.05) is 0 Å². The first-order valence-corrected chi connectivity index (χ1v) is 5.83. The zero-order valence-corrected chi connectivity index (χ0v) is 9.52. The van der Waals surface area contributed by atoms with Crippen molar-refractivity contribution in [2.24, 2.45) is 0 Å². The summed E-state index contributed by atoms with van der Waals surface area (Å²) in [6.45, 7) is 0. The van der Waals surface area contributed by atoms with E-state index in [9.17, 15) is 4.79 Å². The van der Waals surface area contributed by atoms with Gasteiger partial charge in [-0.1, -0.05) is 35.9 Å². The zero-order valence-electron chi connectivity index (χ0n) is 7.94. The molecule has 3 heteroatoms. The van der Waals surface area contributed by atoms with Crippen LogP contribution in [0.4, 0.5) is 0 Å². The molecule has 0 bridgehead atoms. The molecule has 15 heavy (non-hydrogen) atoms. The quantitative estimate of drug-likeness (QED) is 0.741. The highest BCUT2D eigenvalue weighted by Gasteiger charge is 2.09. The van der Waals surface area contributed by atoms with Gasteiger partial charge in [-0.3, -0.25) is 4.79 Å². The second-order valence-electron chi connectivity index (χ2n) is 3.17. The van der Waals surface area contributed by atoms with Crippen LogP contribution in [0, 0.1) is 0 Å². The number of halogens is 1. The average molecular weight is 237 g/mol. The van der Waals surface area contributed by atoms with Crippen LogP contribution in [0.2, 0.25) is 5.02 Å². The first kappa shape index (κ1) is 10.4. The SMILES string of the molecule is O=C(Cc1ccccc1Cl)c1cccs1. The van der Waals surface area contributed by atoms with Crippen molar-refractivity contribution in [1.29, 1.82) is 0 Å². The number of benzene rings is 1. The van der Waals surface area contributed by atoms with Crippen LogP contribution in [-0.4, -0.2) is 5.78 Å². The smallest absolute Gasteiger partial charge is 0.177 e. The van der Waals surface area contributed by atoms with Gasteiger partial charge < -0.3 is 0 Å². The fourth-order valence-electron chi connectivity index (χ4n) is 1.34. The average Bonchev–Trinajstić information content (AvgIpc) is 2.74. The monoisotopic (exact) mass is 236 g/mol. The lowest BCUT2D eigenvalue weighted by Crippen LogP contribution is -2.01. The van der Waals surface area contributed by atoms with Crippen LogP contribution in [0.15, 0.2) is 41.8 Å². The van der Waals surface area contributed by atoms with Crippen LogP contribution in [0.25, 0.3) is 0 Å². The Bertz CT molecular complexity index is 462. The molecule has 0 amide bonds. The number of rotatable bonds is 3. The summed E-state index contributed by atoms with van der Waals surface area (Å²) in [7, 11) is 0. The molecule has 0 aliphatic carbocycles. The third kappa shape index (κ3) is 2.46. The van der Waals surface area contributed by atoms with Crippen molar-refractivity contribution in [1.82, 2.24) is 0 Å². The number of thiophene rings is 1. The molecule has 0 saturated heterocycles. The molecule has 1 heterocycles. The highest BCUT2D eigenvalue weighted by molar-refractivity contribution is 7.12. The molecular formula is C12H9ClOS. The molecule has 0 saturated carbocycles. The van der Waals surface area contributed by atoms with Gasteiger partial charge in [-0.05, 0) is 23.1 Å². The van der Waals surface area contributed by atoms with Crippen molar-refractivity contribution in [3.05, 3.63) is 57.2 Å². The minimum absolute atomic E-state index is 0.123. The maximum Gasteiger partial charge on any atom is 0.177 e. The van der Waals surface area contributed by atoms with Gasteiger partial charge in [0.25, 0.3) is 0 Å². The van der Waals surface area contributed by atoms with Crippen LogP contribution < -0.4 is 0 Å². The largest absolute Gasteiger partial charge is 0.293 e. The van der Waals surface area contributed by atoms with Crippen molar-refractivity contribution in [2.45, 2.75) is 6.42 Å². The van der Waals surface area contributed by atoms with Crippen LogP contribution in [0.3, 0.4) is 0 Å². The number of carbonyl (C=O) groups is 1. The number of hydrogen-bond acceptors (Lipinski definition) is 2. The maximum atomic E-state index is 11.8. The van der Waals surface area contributed by atoms with E-state index in [1.807, 2.05) is 35.7 Å². The summed E-state index contributed by atoms with van der Waals surface area (Å²) in [5.41, 5.74) is 0.887. The number of carbonyl (C=O) groups excluding carboxylic acids is 1. The summed E-state index contributed by atoms with van der Waals surface area (Å²) in [6, 6.07) is 11.2. The lowest BCUT2D eigenvalue weighted by atomic mass is 10.1. The van der Waals surface area contributed by atoms with Gasteiger partial charge in [0.15, 0.2) is 5.78 Å². The number of hydrogen-bond donors (Lipinski definition) is 0. The molecular weight excluding hydrogens is 228 g/mol. The Kier molecular flexibility index (Phi) is 3.19. The molecule has 0 unspecified atom stereocenters. The van der Waals surface area contributed by atoms with Gasteiger partial charge in [-0.2, -0.15) is 0 Å². The fourth-order valence-corrected chi connectivity index (χ4v) is 2.21. The molecule has 76 valence electrons. The minimum Gasteiger partial charge on any atom is -0.293 e. The highest BCUT2D eigenvalue weighted by atomic mass is 35.5. The van der Waals surface area contributed by atoms with Crippen LogP contribution in [0.1, 0.15) is 15.2 Å². The topological polar surface area (TPSA) is 17.1 Å². The molecule has 0 atom stereocenters. The van der Waals surface area contributed by atoms with E-state index in [0.29, 0.717) is 11.4 Å². The van der Waals surface area contributed by atoms with Crippen molar-refractivity contribution in [3.63, 3.8) is 0 Å². The molecule has 0 aliphatic heterocycles. The molecule has 0 aliphatic rings. The Morgan fingerprint density at radius 3 is 2.67 bits per heavy atom. The Morgan fingerprint density at radius 1 is 1.20 bits per heavy atom. The fraction of sp³-hybridized carbons (Fsp3) is 0.0833. The van der Waals surface area contributed by atoms with E-state index in [0.717, 1.165) is 10.4 Å². The van der Waals surface area contributed by atoms with E-state index in [2.05, 4.69) is 0 Å². The predicted octanol–water partition coefficient (Wildman–Crippen LogP) is 3.83. The van der Waals surface area contributed by atoms with Gasteiger partial charge in [0.05, 0.1) is 4.88 Å². The lowest BCUT2D eigenvalue weighted by molar-refractivity contribution is 0.0997. The van der Waals surface area contributed by atoms with Gasteiger partial charge in [0, 0.05) is 11.4 Å². The van der Waals surface area contributed by atoms with Gasteiger partial charge in [-0.15, -0.1) is 11.3 Å². The van der Waals surface area contributed by atoms with Crippen LogP contribution in [0.5, 0.6) is 0 Å². The lowest BCUT2D eigenvalue weighted by Gasteiger charge is -2.01. The van der Waals surface area contributed by atoms with Gasteiger partial charge in [0.1, 0.15) is 0 Å². The molecule has 0 N–H and O–H groups in total. The Balaban J connectivity index is 2.17. The third-order valence-corrected chi connectivity index (χ3v) is 3.38. The van der Waals surface area contributed by atoms with Gasteiger partial charge in [0.2, 0.25) is 0 Å². The molecule has 1 aromatic carbocycles. The second-order valence-corrected chi connectivity index (χ2v) is 4.52. The first-order valence-electron chi connectivity index (χ1n) is 4.57. The molecule has 2 rings (SSSR count). The van der Waals surface area contributed by atoms with Gasteiger partial charge in [-0.25, -0.2) is 0 Å². The zero-order chi connectivity index (χ0) is 10.7. The standard InChI is InChI=1S/C12H9ClOS/c13-10-5-2-1-4-9(10)8-11(14)12-6-3-7-15-12/h1-7H,8H2. The van der Waals surface area contributed by atoms with Crippen molar-refractivity contribution in [3.8, 4) is 0 Å². The van der Waals surface area contributed by atoms with E-state index in [1.54, 1.807) is 6.07 Å².